The average molecular weight is 266 g/mol. The minimum absolute atomic E-state index is 0.0635. The molecule has 82 valence electrons. The molecule has 0 N–H and O–H groups in total. The number of hydrogen-bond acceptors (Lipinski definition) is 3. The second-order valence-electron chi connectivity index (χ2n) is 3.14. The molecule has 2 rings (SSSR count). The van der Waals surface area contributed by atoms with E-state index in [4.69, 9.17) is 27.9 Å². The second-order valence-corrected chi connectivity index (χ2v) is 5.43. The number of thiophene rings is 1. The number of carbonyl (C=O) groups is 1. The number of ether oxygens (including phenoxy) is 1. The second kappa shape index (κ2) is 4.70. The van der Waals surface area contributed by atoms with E-state index in [9.17, 15) is 4.79 Å². The number of morpholine rings is 1. The Balaban J connectivity index is 2.16. The summed E-state index contributed by atoms with van der Waals surface area (Å²) in [4.78, 5) is 13.7. The van der Waals surface area contributed by atoms with Crippen molar-refractivity contribution in [3.63, 3.8) is 0 Å². The first-order valence-corrected chi connectivity index (χ1v) is 6.07. The third kappa shape index (κ3) is 2.45. The maximum atomic E-state index is 12.0. The van der Waals surface area contributed by atoms with Crippen LogP contribution in [0.3, 0.4) is 0 Å². The zero-order valence-corrected chi connectivity index (χ0v) is 10.2. The summed E-state index contributed by atoms with van der Waals surface area (Å²) in [6, 6.07) is 1.62. The highest BCUT2D eigenvalue weighted by Crippen LogP contribution is 2.31. The summed E-state index contributed by atoms with van der Waals surface area (Å²) in [5, 5.41) is 0. The summed E-state index contributed by atoms with van der Waals surface area (Å²) in [5.41, 5.74) is 0.494. The van der Waals surface area contributed by atoms with Crippen LogP contribution in [-0.4, -0.2) is 37.1 Å². The van der Waals surface area contributed by atoms with Crippen molar-refractivity contribution in [1.29, 1.82) is 0 Å². The van der Waals surface area contributed by atoms with Crippen LogP contribution in [0.2, 0.25) is 8.67 Å². The van der Waals surface area contributed by atoms with Crippen molar-refractivity contribution in [2.75, 3.05) is 26.3 Å². The van der Waals surface area contributed by atoms with Gasteiger partial charge >= 0.3 is 0 Å². The molecular formula is C9H9Cl2NO2S. The van der Waals surface area contributed by atoms with Gasteiger partial charge in [-0.1, -0.05) is 23.2 Å². The van der Waals surface area contributed by atoms with Gasteiger partial charge in [0.15, 0.2) is 0 Å². The summed E-state index contributed by atoms with van der Waals surface area (Å²) < 4.78 is 6.16. The maximum absolute atomic E-state index is 12.0. The van der Waals surface area contributed by atoms with Gasteiger partial charge in [-0.2, -0.15) is 0 Å². The van der Waals surface area contributed by atoms with E-state index in [-0.39, 0.29) is 5.91 Å². The lowest BCUT2D eigenvalue weighted by atomic mass is 10.3. The van der Waals surface area contributed by atoms with E-state index in [0.29, 0.717) is 40.5 Å². The van der Waals surface area contributed by atoms with Crippen molar-refractivity contribution in [2.24, 2.45) is 0 Å². The van der Waals surface area contributed by atoms with Gasteiger partial charge in [0.1, 0.15) is 4.34 Å². The molecule has 0 saturated carbocycles. The molecule has 0 unspecified atom stereocenters. The molecule has 0 aromatic carbocycles. The zero-order chi connectivity index (χ0) is 10.8. The summed E-state index contributed by atoms with van der Waals surface area (Å²) in [6.45, 7) is 2.40. The van der Waals surface area contributed by atoms with Gasteiger partial charge in [-0.15, -0.1) is 11.3 Å². The minimum atomic E-state index is -0.0635. The Morgan fingerprint density at radius 3 is 2.60 bits per heavy atom. The van der Waals surface area contributed by atoms with Gasteiger partial charge in [-0.25, -0.2) is 0 Å². The van der Waals surface area contributed by atoms with Crippen LogP contribution in [-0.2, 0) is 4.74 Å². The number of nitrogens with zero attached hydrogens (tertiary/aromatic N) is 1. The van der Waals surface area contributed by atoms with Crippen LogP contribution in [0.5, 0.6) is 0 Å². The highest BCUT2D eigenvalue weighted by Gasteiger charge is 2.22. The predicted octanol–water partition coefficient (Wildman–Crippen LogP) is 2.53. The largest absolute Gasteiger partial charge is 0.378 e. The van der Waals surface area contributed by atoms with Gasteiger partial charge in [0.05, 0.1) is 23.1 Å². The lowest BCUT2D eigenvalue weighted by Crippen LogP contribution is -2.40. The molecule has 2 heterocycles. The Kier molecular flexibility index (Phi) is 3.51. The van der Waals surface area contributed by atoms with Crippen molar-refractivity contribution in [1.82, 2.24) is 4.90 Å². The Morgan fingerprint density at radius 1 is 1.40 bits per heavy atom. The lowest BCUT2D eigenvalue weighted by molar-refractivity contribution is 0.0303. The van der Waals surface area contributed by atoms with Crippen molar-refractivity contribution in [3.05, 3.63) is 20.3 Å². The number of halogens is 2. The van der Waals surface area contributed by atoms with Crippen LogP contribution in [0.15, 0.2) is 6.07 Å². The van der Waals surface area contributed by atoms with Gasteiger partial charge in [0.2, 0.25) is 0 Å². The maximum Gasteiger partial charge on any atom is 0.256 e. The summed E-state index contributed by atoms with van der Waals surface area (Å²) >= 11 is 12.9. The molecule has 0 atom stereocenters. The molecule has 15 heavy (non-hydrogen) atoms. The van der Waals surface area contributed by atoms with Crippen molar-refractivity contribution in [2.45, 2.75) is 0 Å². The molecule has 1 amide bonds. The SMILES string of the molecule is O=C(c1cc(Cl)sc1Cl)N1CCOCC1. The molecule has 1 saturated heterocycles. The average Bonchev–Trinajstić information content (AvgIpc) is 2.58. The van der Waals surface area contributed by atoms with Gasteiger partial charge in [0, 0.05) is 13.1 Å². The molecule has 0 radical (unpaired) electrons. The Bertz CT molecular complexity index is 374. The monoisotopic (exact) mass is 265 g/mol. The number of carbonyl (C=O) groups excluding carboxylic acids is 1. The van der Waals surface area contributed by atoms with Gasteiger partial charge < -0.3 is 9.64 Å². The molecule has 0 bridgehead atoms. The Morgan fingerprint density at radius 2 is 2.07 bits per heavy atom. The van der Waals surface area contributed by atoms with Crippen LogP contribution in [0, 0.1) is 0 Å². The van der Waals surface area contributed by atoms with Crippen LogP contribution in [0.25, 0.3) is 0 Å². The van der Waals surface area contributed by atoms with Crippen LogP contribution >= 0.6 is 34.5 Å². The van der Waals surface area contributed by atoms with Crippen molar-refractivity contribution in [3.8, 4) is 0 Å². The van der Waals surface area contributed by atoms with E-state index in [0.717, 1.165) is 0 Å². The summed E-state index contributed by atoms with van der Waals surface area (Å²) in [6.07, 6.45) is 0. The quantitative estimate of drug-likeness (QED) is 0.781. The number of rotatable bonds is 1. The molecular weight excluding hydrogens is 257 g/mol. The van der Waals surface area contributed by atoms with E-state index >= 15 is 0 Å². The fourth-order valence-electron chi connectivity index (χ4n) is 1.42. The number of amides is 1. The molecule has 0 spiro atoms. The lowest BCUT2D eigenvalue weighted by Gasteiger charge is -2.26. The molecule has 1 aromatic rings. The molecule has 1 fully saturated rings. The third-order valence-corrected chi connectivity index (χ3v) is 3.67. The van der Waals surface area contributed by atoms with Crippen molar-refractivity contribution < 1.29 is 9.53 Å². The van der Waals surface area contributed by atoms with Gasteiger partial charge in [-0.05, 0) is 6.07 Å². The first-order chi connectivity index (χ1) is 7.18. The summed E-state index contributed by atoms with van der Waals surface area (Å²) in [5.74, 6) is -0.0635. The van der Waals surface area contributed by atoms with Crippen LogP contribution in [0.1, 0.15) is 10.4 Å². The van der Waals surface area contributed by atoms with Crippen LogP contribution < -0.4 is 0 Å². The molecule has 0 aliphatic carbocycles. The minimum Gasteiger partial charge on any atom is -0.378 e. The van der Waals surface area contributed by atoms with E-state index < -0.39 is 0 Å². The zero-order valence-electron chi connectivity index (χ0n) is 7.83. The first kappa shape index (κ1) is 11.2. The molecule has 1 aromatic heterocycles. The van der Waals surface area contributed by atoms with Gasteiger partial charge in [0.25, 0.3) is 5.91 Å². The Labute approximate surface area is 102 Å². The van der Waals surface area contributed by atoms with E-state index in [1.807, 2.05) is 0 Å². The molecule has 1 aliphatic heterocycles. The molecule has 3 nitrogen and oxygen atoms in total. The molecule has 6 heteroatoms. The standard InChI is InChI=1S/C9H9Cl2NO2S/c10-7-5-6(8(11)15-7)9(13)12-1-3-14-4-2-12/h5H,1-4H2. The highest BCUT2D eigenvalue weighted by atomic mass is 35.5. The fraction of sp³-hybridized carbons (Fsp3) is 0.444. The van der Waals surface area contributed by atoms with Crippen LogP contribution in [0.4, 0.5) is 0 Å². The highest BCUT2D eigenvalue weighted by molar-refractivity contribution is 7.20. The van der Waals surface area contributed by atoms with E-state index in [1.54, 1.807) is 11.0 Å². The Hall–Kier alpha value is -0.290. The normalized spacial score (nSPS) is 16.8. The third-order valence-electron chi connectivity index (χ3n) is 2.19. The predicted molar refractivity (Wildman–Crippen MR) is 61.1 cm³/mol. The van der Waals surface area contributed by atoms with Crippen molar-refractivity contribution >= 4 is 40.4 Å². The topological polar surface area (TPSA) is 29.5 Å². The first-order valence-electron chi connectivity index (χ1n) is 4.50. The number of hydrogen-bond donors (Lipinski definition) is 0. The van der Waals surface area contributed by atoms with E-state index in [2.05, 4.69) is 0 Å². The fourth-order valence-corrected chi connectivity index (χ4v) is 2.87. The smallest absolute Gasteiger partial charge is 0.256 e. The van der Waals surface area contributed by atoms with E-state index in [1.165, 1.54) is 11.3 Å². The van der Waals surface area contributed by atoms with Gasteiger partial charge in [-0.3, -0.25) is 4.79 Å². The molecule has 1 aliphatic rings. The summed E-state index contributed by atoms with van der Waals surface area (Å²) in [7, 11) is 0.